The Morgan fingerprint density at radius 3 is 2.38 bits per heavy atom. The van der Waals surface area contributed by atoms with E-state index in [2.05, 4.69) is 5.32 Å². The molecule has 0 aliphatic carbocycles. The van der Waals surface area contributed by atoms with E-state index >= 15 is 0 Å². The Morgan fingerprint density at radius 1 is 1.27 bits per heavy atom. The van der Waals surface area contributed by atoms with Crippen LogP contribution in [-0.4, -0.2) is 89.8 Å². The lowest BCUT2D eigenvalue weighted by Gasteiger charge is -2.49. The number of ether oxygens (including phenoxy) is 1. The number of morpholine rings is 1. The first-order valence-corrected chi connectivity index (χ1v) is 8.22. The second kappa shape index (κ2) is 7.78. The van der Waals surface area contributed by atoms with E-state index in [1.807, 2.05) is 0 Å². The van der Waals surface area contributed by atoms with Gasteiger partial charge in [0.1, 0.15) is 11.9 Å². The molecule has 1 spiro atoms. The Kier molecular flexibility index (Phi) is 6.12. The molecule has 0 aromatic rings. The summed E-state index contributed by atoms with van der Waals surface area (Å²) in [5, 5.41) is 11.4. The highest BCUT2D eigenvalue weighted by Gasteiger charge is 2.47. The molecule has 2 N–H and O–H groups in total. The molecule has 0 radical (unpaired) electrons. The molecule has 2 saturated heterocycles. The first-order valence-electron chi connectivity index (χ1n) is 8.22. The lowest BCUT2D eigenvalue weighted by molar-refractivity contribution is -0.205. The smallest absolute Gasteiger partial charge is 0.407 e. The van der Waals surface area contributed by atoms with Gasteiger partial charge in [0.15, 0.2) is 0 Å². The molecule has 1 atom stereocenters. The van der Waals surface area contributed by atoms with E-state index in [1.165, 1.54) is 11.8 Å². The van der Waals surface area contributed by atoms with Crippen LogP contribution in [-0.2, 0) is 14.3 Å². The molecule has 2 heterocycles. The number of carbonyl (C=O) groups excluding carboxylic acids is 2. The minimum Gasteiger partial charge on any atom is -0.465 e. The average molecular weight is 381 g/mol. The van der Waals surface area contributed by atoms with Crippen molar-refractivity contribution in [1.29, 1.82) is 0 Å². The van der Waals surface area contributed by atoms with Gasteiger partial charge in [0.05, 0.1) is 18.7 Å². The average Bonchev–Trinajstić information content (AvgIpc) is 2.50. The van der Waals surface area contributed by atoms with Gasteiger partial charge in [0, 0.05) is 26.2 Å². The fraction of sp³-hybridized carbons (Fsp3) is 0.800. The minimum atomic E-state index is -4.43. The van der Waals surface area contributed by atoms with Crippen molar-refractivity contribution in [3.05, 3.63) is 0 Å². The molecule has 2 aliphatic heterocycles. The summed E-state index contributed by atoms with van der Waals surface area (Å²) in [4.78, 5) is 36.5. The Morgan fingerprint density at radius 2 is 1.88 bits per heavy atom. The number of hydrogen-bond donors (Lipinski definition) is 2. The van der Waals surface area contributed by atoms with Gasteiger partial charge < -0.3 is 20.1 Å². The standard InChI is InChI=1S/C15H22F3N3O5/c1-10(22)6-19-12(23)11-7-20(9-15(16,17)18)8-14(26-11)2-4-21(5-3-14)13(24)25/h11H,2-9H2,1H3,(H,19,23)(H,24,25). The SMILES string of the molecule is CC(=O)CNC(=O)C1CN(CC(F)(F)F)CC2(CCN(C(=O)O)CC2)O1. The van der Waals surface area contributed by atoms with Crippen LogP contribution in [0.25, 0.3) is 0 Å². The summed E-state index contributed by atoms with van der Waals surface area (Å²) in [6.07, 6.45) is -6.28. The molecule has 2 aliphatic rings. The molecule has 1 unspecified atom stereocenters. The molecule has 0 aromatic carbocycles. The van der Waals surface area contributed by atoms with E-state index in [9.17, 15) is 27.6 Å². The lowest BCUT2D eigenvalue weighted by Crippen LogP contribution is -2.63. The molecule has 11 heteroatoms. The first kappa shape index (κ1) is 20.4. The Labute approximate surface area is 148 Å². The first-order chi connectivity index (χ1) is 12.0. The van der Waals surface area contributed by atoms with Gasteiger partial charge in [-0.3, -0.25) is 14.5 Å². The highest BCUT2D eigenvalue weighted by atomic mass is 19.4. The largest absolute Gasteiger partial charge is 0.465 e. The van der Waals surface area contributed by atoms with Crippen molar-refractivity contribution in [2.45, 2.75) is 37.6 Å². The fourth-order valence-electron chi connectivity index (χ4n) is 3.30. The number of carbonyl (C=O) groups is 3. The summed E-state index contributed by atoms with van der Waals surface area (Å²) in [5.74, 6) is -0.932. The van der Waals surface area contributed by atoms with Crippen LogP contribution in [0.5, 0.6) is 0 Å². The van der Waals surface area contributed by atoms with Gasteiger partial charge >= 0.3 is 12.3 Å². The van der Waals surface area contributed by atoms with Gasteiger partial charge in [-0.15, -0.1) is 0 Å². The summed E-state index contributed by atoms with van der Waals surface area (Å²) in [7, 11) is 0. The number of carboxylic acid groups (broad SMARTS) is 1. The van der Waals surface area contributed by atoms with Gasteiger partial charge in [-0.1, -0.05) is 0 Å². The minimum absolute atomic E-state index is 0.0313. The third-order valence-electron chi connectivity index (χ3n) is 4.48. The van der Waals surface area contributed by atoms with Crippen molar-refractivity contribution in [3.63, 3.8) is 0 Å². The lowest BCUT2D eigenvalue weighted by atomic mass is 9.88. The van der Waals surface area contributed by atoms with Gasteiger partial charge in [0.25, 0.3) is 5.91 Å². The van der Waals surface area contributed by atoms with E-state index in [1.54, 1.807) is 0 Å². The van der Waals surface area contributed by atoms with Crippen LogP contribution >= 0.6 is 0 Å². The Balaban J connectivity index is 2.11. The monoisotopic (exact) mass is 381 g/mol. The summed E-state index contributed by atoms with van der Waals surface area (Å²) in [6.45, 7) is -0.159. The molecular formula is C15H22F3N3O5. The topological polar surface area (TPSA) is 99.2 Å². The molecule has 2 amide bonds. The molecule has 2 fully saturated rings. The second-order valence-electron chi connectivity index (χ2n) is 6.76. The van der Waals surface area contributed by atoms with Crippen LogP contribution in [0.1, 0.15) is 19.8 Å². The number of ketones is 1. The van der Waals surface area contributed by atoms with Crippen LogP contribution in [0, 0.1) is 0 Å². The highest BCUT2D eigenvalue weighted by Crippen LogP contribution is 2.33. The summed E-state index contributed by atoms with van der Waals surface area (Å²) in [6, 6.07) is 0. The number of Topliss-reactive ketones (excluding diaryl/α,β-unsaturated/α-hetero) is 1. The number of hydrogen-bond acceptors (Lipinski definition) is 5. The highest BCUT2D eigenvalue weighted by molar-refractivity contribution is 5.87. The number of halogens is 3. The third kappa shape index (κ3) is 5.56. The van der Waals surface area contributed by atoms with Crippen molar-refractivity contribution < 1.29 is 37.4 Å². The number of nitrogens with one attached hydrogen (secondary N) is 1. The van der Waals surface area contributed by atoms with Crippen molar-refractivity contribution >= 4 is 17.8 Å². The third-order valence-corrected chi connectivity index (χ3v) is 4.48. The maximum absolute atomic E-state index is 12.8. The van der Waals surface area contributed by atoms with Crippen molar-refractivity contribution in [1.82, 2.24) is 15.1 Å². The van der Waals surface area contributed by atoms with Crippen LogP contribution in [0.3, 0.4) is 0 Å². The molecule has 8 nitrogen and oxygen atoms in total. The van der Waals surface area contributed by atoms with E-state index in [0.29, 0.717) is 0 Å². The van der Waals surface area contributed by atoms with Crippen LogP contribution in [0.15, 0.2) is 0 Å². The molecule has 2 rings (SSSR count). The molecular weight excluding hydrogens is 359 g/mol. The predicted octanol–water partition coefficient (Wildman–Crippen LogP) is 0.467. The zero-order valence-electron chi connectivity index (χ0n) is 14.3. The normalized spacial score (nSPS) is 23.7. The van der Waals surface area contributed by atoms with E-state index < -0.39 is 36.4 Å². The number of rotatable bonds is 4. The molecule has 26 heavy (non-hydrogen) atoms. The van der Waals surface area contributed by atoms with Crippen molar-refractivity contribution in [2.75, 3.05) is 39.3 Å². The van der Waals surface area contributed by atoms with Crippen LogP contribution in [0.4, 0.5) is 18.0 Å². The summed E-state index contributed by atoms with van der Waals surface area (Å²) < 4.78 is 44.3. The number of nitrogens with zero attached hydrogens (tertiary/aromatic N) is 2. The van der Waals surface area contributed by atoms with E-state index in [4.69, 9.17) is 9.84 Å². The van der Waals surface area contributed by atoms with Gasteiger partial charge in [0.2, 0.25) is 0 Å². The summed E-state index contributed by atoms with van der Waals surface area (Å²) in [5.41, 5.74) is -1.02. The molecule has 148 valence electrons. The van der Waals surface area contributed by atoms with Crippen molar-refractivity contribution in [2.24, 2.45) is 0 Å². The second-order valence-corrected chi connectivity index (χ2v) is 6.76. The van der Waals surface area contributed by atoms with Crippen LogP contribution in [0.2, 0.25) is 0 Å². The van der Waals surface area contributed by atoms with Gasteiger partial charge in [-0.25, -0.2) is 4.79 Å². The predicted molar refractivity (Wildman–Crippen MR) is 82.6 cm³/mol. The summed E-state index contributed by atoms with van der Waals surface area (Å²) >= 11 is 0. The number of amides is 2. The molecule has 0 aromatic heterocycles. The number of alkyl halides is 3. The zero-order valence-corrected chi connectivity index (χ0v) is 14.3. The number of piperidine rings is 1. The van der Waals surface area contributed by atoms with Crippen LogP contribution < -0.4 is 5.32 Å². The quantitative estimate of drug-likeness (QED) is 0.735. The maximum atomic E-state index is 12.8. The molecule has 0 saturated carbocycles. The maximum Gasteiger partial charge on any atom is 0.407 e. The van der Waals surface area contributed by atoms with Crippen molar-refractivity contribution in [3.8, 4) is 0 Å². The Hall–Kier alpha value is -1.88. The van der Waals surface area contributed by atoms with Gasteiger partial charge in [-0.2, -0.15) is 13.2 Å². The molecule has 0 bridgehead atoms. The van der Waals surface area contributed by atoms with Gasteiger partial charge in [-0.05, 0) is 19.8 Å². The number of likely N-dealkylation sites (tertiary alicyclic amines) is 1. The fourth-order valence-corrected chi connectivity index (χ4v) is 3.30. The van der Waals surface area contributed by atoms with E-state index in [0.717, 1.165) is 4.90 Å². The van der Waals surface area contributed by atoms with E-state index in [-0.39, 0.29) is 51.3 Å². The Bertz CT molecular complexity index is 561. The zero-order chi connectivity index (χ0) is 19.5.